The molecule has 1 rings (SSSR count). The minimum Gasteiger partial charge on any atom is -0.382 e. The fourth-order valence-corrected chi connectivity index (χ4v) is 1.94. The number of rotatable bonds is 4. The van der Waals surface area contributed by atoms with Gasteiger partial charge in [0.2, 0.25) is 10.0 Å². The van der Waals surface area contributed by atoms with Gasteiger partial charge in [-0.05, 0) is 31.2 Å². The van der Waals surface area contributed by atoms with Crippen LogP contribution in [0.5, 0.6) is 0 Å². The molecule has 1 aromatic rings. The molecule has 0 heterocycles. The number of halogens is 3. The zero-order chi connectivity index (χ0) is 14.0. The number of hydrogen-bond donors (Lipinski definition) is 2. The highest BCUT2D eigenvalue weighted by atomic mass is 32.2. The van der Waals surface area contributed by atoms with Gasteiger partial charge in [-0.15, -0.1) is 0 Å². The highest BCUT2D eigenvalue weighted by molar-refractivity contribution is 7.89. The second-order valence-corrected chi connectivity index (χ2v) is 5.50. The summed E-state index contributed by atoms with van der Waals surface area (Å²) in [5, 5.41) is 7.52. The zero-order valence-electron chi connectivity index (χ0n) is 9.53. The summed E-state index contributed by atoms with van der Waals surface area (Å²) in [5.41, 5.74) is 0.402. The molecule has 0 spiro atoms. The first-order valence-electron chi connectivity index (χ1n) is 5.04. The number of primary sulfonamides is 1. The number of nitrogens with two attached hydrogens (primary N) is 1. The van der Waals surface area contributed by atoms with Crippen molar-refractivity contribution >= 4 is 15.7 Å². The summed E-state index contributed by atoms with van der Waals surface area (Å²) in [6, 6.07) is 4.40. The molecule has 0 aliphatic carbocycles. The van der Waals surface area contributed by atoms with Crippen LogP contribution in [-0.4, -0.2) is 20.6 Å². The Morgan fingerprint density at radius 3 is 2.17 bits per heavy atom. The van der Waals surface area contributed by atoms with E-state index in [0.717, 1.165) is 0 Å². The van der Waals surface area contributed by atoms with Crippen molar-refractivity contribution in [2.45, 2.75) is 30.5 Å². The van der Waals surface area contributed by atoms with Crippen LogP contribution in [0.25, 0.3) is 0 Å². The highest BCUT2D eigenvalue weighted by Crippen LogP contribution is 2.23. The van der Waals surface area contributed by atoms with E-state index in [1.807, 2.05) is 0 Å². The van der Waals surface area contributed by atoms with Gasteiger partial charge in [-0.2, -0.15) is 13.2 Å². The normalized spacial score (nSPS) is 14.3. The Labute approximate surface area is 103 Å². The number of sulfonamides is 1. The van der Waals surface area contributed by atoms with E-state index in [9.17, 15) is 21.6 Å². The molecule has 0 aliphatic heterocycles. The molecular formula is C10H13F3N2O2S. The van der Waals surface area contributed by atoms with Gasteiger partial charge in [0.05, 0.1) is 11.3 Å². The number of benzene rings is 1. The maximum absolute atomic E-state index is 12.1. The molecule has 3 N–H and O–H groups in total. The van der Waals surface area contributed by atoms with Crippen molar-refractivity contribution in [2.75, 3.05) is 5.32 Å². The lowest BCUT2D eigenvalue weighted by Gasteiger charge is -2.17. The van der Waals surface area contributed by atoms with Crippen molar-refractivity contribution in [3.63, 3.8) is 0 Å². The monoisotopic (exact) mass is 282 g/mol. The quantitative estimate of drug-likeness (QED) is 0.888. The summed E-state index contributed by atoms with van der Waals surface area (Å²) in [5.74, 6) is 0. The molecule has 0 radical (unpaired) electrons. The van der Waals surface area contributed by atoms with E-state index >= 15 is 0 Å². The van der Waals surface area contributed by atoms with E-state index in [0.29, 0.717) is 5.69 Å². The molecule has 0 saturated carbocycles. The van der Waals surface area contributed by atoms with Gasteiger partial charge in [-0.25, -0.2) is 13.6 Å². The lowest BCUT2D eigenvalue weighted by atomic mass is 10.2. The van der Waals surface area contributed by atoms with Gasteiger partial charge in [-0.3, -0.25) is 0 Å². The molecule has 1 aromatic carbocycles. The zero-order valence-corrected chi connectivity index (χ0v) is 10.3. The van der Waals surface area contributed by atoms with Crippen LogP contribution in [0, 0.1) is 0 Å². The second-order valence-electron chi connectivity index (χ2n) is 3.93. The molecule has 0 amide bonds. The van der Waals surface area contributed by atoms with E-state index in [2.05, 4.69) is 5.32 Å². The molecule has 102 valence electrons. The average molecular weight is 282 g/mol. The number of alkyl halides is 3. The summed E-state index contributed by atoms with van der Waals surface area (Å²) in [6.07, 6.45) is -5.21. The second kappa shape index (κ2) is 5.15. The summed E-state index contributed by atoms with van der Waals surface area (Å²) in [4.78, 5) is -0.0866. The Hall–Kier alpha value is -1.28. The molecule has 0 fully saturated rings. The highest BCUT2D eigenvalue weighted by Gasteiger charge is 2.29. The van der Waals surface area contributed by atoms with E-state index in [1.165, 1.54) is 31.2 Å². The van der Waals surface area contributed by atoms with Crippen LogP contribution in [0.1, 0.15) is 13.3 Å². The lowest BCUT2D eigenvalue weighted by Crippen LogP contribution is -2.23. The van der Waals surface area contributed by atoms with Crippen molar-refractivity contribution in [1.29, 1.82) is 0 Å². The first kappa shape index (κ1) is 14.8. The molecule has 0 saturated heterocycles. The molecule has 8 heteroatoms. The fraction of sp³-hybridized carbons (Fsp3) is 0.400. The van der Waals surface area contributed by atoms with Crippen LogP contribution in [-0.2, 0) is 10.0 Å². The van der Waals surface area contributed by atoms with Crippen LogP contribution in [0.4, 0.5) is 18.9 Å². The molecule has 1 atom stereocenters. The molecule has 0 aliphatic rings. The third-order valence-corrected chi connectivity index (χ3v) is 3.06. The third-order valence-electron chi connectivity index (χ3n) is 2.13. The molecule has 0 aromatic heterocycles. The Kier molecular flexibility index (Phi) is 4.23. The third kappa shape index (κ3) is 4.92. The van der Waals surface area contributed by atoms with Gasteiger partial charge in [0.15, 0.2) is 0 Å². The maximum atomic E-state index is 12.1. The van der Waals surface area contributed by atoms with E-state index < -0.39 is 28.7 Å². The predicted molar refractivity (Wildman–Crippen MR) is 61.6 cm³/mol. The summed E-state index contributed by atoms with van der Waals surface area (Å²) in [6.45, 7) is 1.39. The Morgan fingerprint density at radius 2 is 1.78 bits per heavy atom. The SMILES string of the molecule is CC(CC(F)(F)F)Nc1ccc(S(N)(=O)=O)cc1. The van der Waals surface area contributed by atoms with Crippen molar-refractivity contribution in [2.24, 2.45) is 5.14 Å². The van der Waals surface area contributed by atoms with Crippen LogP contribution in [0.2, 0.25) is 0 Å². The molecule has 4 nitrogen and oxygen atoms in total. The van der Waals surface area contributed by atoms with E-state index in [-0.39, 0.29) is 4.90 Å². The fourth-order valence-electron chi connectivity index (χ4n) is 1.42. The molecule has 0 bridgehead atoms. The van der Waals surface area contributed by atoms with Gasteiger partial charge < -0.3 is 5.32 Å². The maximum Gasteiger partial charge on any atom is 0.391 e. The van der Waals surface area contributed by atoms with Crippen molar-refractivity contribution in [3.8, 4) is 0 Å². The van der Waals surface area contributed by atoms with Gasteiger partial charge in [-0.1, -0.05) is 0 Å². The standard InChI is InChI=1S/C10H13F3N2O2S/c1-7(6-10(11,12)13)15-8-2-4-9(5-3-8)18(14,16)17/h2-5,7,15H,6H2,1H3,(H2,14,16,17). The first-order valence-corrected chi connectivity index (χ1v) is 6.59. The van der Waals surface area contributed by atoms with E-state index in [1.54, 1.807) is 0 Å². The molecular weight excluding hydrogens is 269 g/mol. The summed E-state index contributed by atoms with van der Waals surface area (Å²) < 4.78 is 58.2. The summed E-state index contributed by atoms with van der Waals surface area (Å²) in [7, 11) is -3.78. The lowest BCUT2D eigenvalue weighted by molar-refractivity contribution is -0.136. The number of nitrogens with one attached hydrogen (secondary N) is 1. The van der Waals surface area contributed by atoms with Crippen molar-refractivity contribution < 1.29 is 21.6 Å². The predicted octanol–water partition coefficient (Wildman–Crippen LogP) is 2.09. The van der Waals surface area contributed by atoms with Crippen molar-refractivity contribution in [1.82, 2.24) is 0 Å². The summed E-state index contributed by atoms with van der Waals surface area (Å²) >= 11 is 0. The van der Waals surface area contributed by atoms with Crippen LogP contribution >= 0.6 is 0 Å². The van der Waals surface area contributed by atoms with Crippen LogP contribution < -0.4 is 10.5 Å². The van der Waals surface area contributed by atoms with Gasteiger partial charge in [0.1, 0.15) is 0 Å². The number of hydrogen-bond acceptors (Lipinski definition) is 3. The van der Waals surface area contributed by atoms with Crippen LogP contribution in [0.15, 0.2) is 29.2 Å². The van der Waals surface area contributed by atoms with Gasteiger partial charge in [0.25, 0.3) is 0 Å². The average Bonchev–Trinajstić information content (AvgIpc) is 2.13. The Balaban J connectivity index is 2.70. The van der Waals surface area contributed by atoms with E-state index in [4.69, 9.17) is 5.14 Å². The topological polar surface area (TPSA) is 72.2 Å². The molecule has 1 unspecified atom stereocenters. The smallest absolute Gasteiger partial charge is 0.382 e. The largest absolute Gasteiger partial charge is 0.391 e. The first-order chi connectivity index (χ1) is 8.08. The minimum absolute atomic E-state index is 0.0866. The minimum atomic E-state index is -4.24. The molecule has 18 heavy (non-hydrogen) atoms. The number of anilines is 1. The van der Waals surface area contributed by atoms with Gasteiger partial charge in [0, 0.05) is 11.7 Å². The van der Waals surface area contributed by atoms with Gasteiger partial charge >= 0.3 is 6.18 Å². The Bertz CT molecular complexity index is 497. The van der Waals surface area contributed by atoms with Crippen LogP contribution in [0.3, 0.4) is 0 Å². The Morgan fingerprint density at radius 1 is 1.28 bits per heavy atom. The van der Waals surface area contributed by atoms with Crippen molar-refractivity contribution in [3.05, 3.63) is 24.3 Å².